The smallest absolute Gasteiger partial charge is 0.0820 e. The topological polar surface area (TPSA) is 18.5 Å². The Morgan fingerprint density at radius 1 is 1.33 bits per heavy atom. The highest BCUT2D eigenvalue weighted by molar-refractivity contribution is 9.09. The van der Waals surface area contributed by atoms with Crippen LogP contribution in [0.25, 0.3) is 0 Å². The number of ether oxygens (including phenoxy) is 2. The number of benzene rings is 1. The molecule has 82 valence electrons. The Kier molecular flexibility index (Phi) is 4.18. The van der Waals surface area contributed by atoms with Gasteiger partial charge < -0.3 is 9.47 Å². The molecule has 1 heterocycles. The summed E-state index contributed by atoms with van der Waals surface area (Å²) in [4.78, 5) is 0.503. The van der Waals surface area contributed by atoms with Crippen LogP contribution < -0.4 is 0 Å². The van der Waals surface area contributed by atoms with E-state index in [0.29, 0.717) is 18.0 Å². The highest BCUT2D eigenvalue weighted by Crippen LogP contribution is 2.20. The molecule has 0 amide bonds. The number of hydrogen-bond donors (Lipinski definition) is 0. The minimum absolute atomic E-state index is 0.262. The van der Waals surface area contributed by atoms with Crippen LogP contribution in [0, 0.1) is 0 Å². The van der Waals surface area contributed by atoms with Gasteiger partial charge >= 0.3 is 0 Å². The Bertz CT molecular complexity index is 289. The second-order valence-corrected chi connectivity index (χ2v) is 5.08. The van der Waals surface area contributed by atoms with E-state index in [0.717, 1.165) is 13.0 Å². The predicted molar refractivity (Wildman–Crippen MR) is 63.2 cm³/mol. The van der Waals surface area contributed by atoms with E-state index >= 15 is 0 Å². The molecule has 0 bridgehead atoms. The van der Waals surface area contributed by atoms with Gasteiger partial charge in [-0.1, -0.05) is 46.3 Å². The lowest BCUT2D eigenvalue weighted by Gasteiger charge is -2.09. The van der Waals surface area contributed by atoms with Crippen LogP contribution in [0.3, 0.4) is 0 Å². The maximum Gasteiger partial charge on any atom is 0.0820 e. The number of alkyl halides is 1. The molecule has 2 rings (SSSR count). The molecule has 1 saturated heterocycles. The van der Waals surface area contributed by atoms with Gasteiger partial charge in [0.05, 0.1) is 25.9 Å². The van der Waals surface area contributed by atoms with E-state index in [1.807, 2.05) is 18.2 Å². The number of halogens is 1. The van der Waals surface area contributed by atoms with E-state index < -0.39 is 0 Å². The van der Waals surface area contributed by atoms with Crippen molar-refractivity contribution in [1.29, 1.82) is 0 Å². The minimum atomic E-state index is 0.262. The second kappa shape index (κ2) is 5.64. The van der Waals surface area contributed by atoms with Gasteiger partial charge in [0.2, 0.25) is 0 Å². The minimum Gasteiger partial charge on any atom is -0.375 e. The number of hydrogen-bond acceptors (Lipinski definition) is 2. The fourth-order valence-electron chi connectivity index (χ4n) is 1.66. The Labute approximate surface area is 98.7 Å². The Hall–Kier alpha value is -0.380. The van der Waals surface area contributed by atoms with Gasteiger partial charge in [-0.2, -0.15) is 0 Å². The highest BCUT2D eigenvalue weighted by Gasteiger charge is 2.22. The average Bonchev–Trinajstić information content (AvgIpc) is 2.66. The lowest BCUT2D eigenvalue weighted by Crippen LogP contribution is -2.14. The predicted octanol–water partition coefficient (Wildman–Crippen LogP) is 2.76. The van der Waals surface area contributed by atoms with Crippen molar-refractivity contribution in [3.8, 4) is 0 Å². The molecule has 2 nitrogen and oxygen atoms in total. The first-order chi connectivity index (χ1) is 7.34. The lowest BCUT2D eigenvalue weighted by molar-refractivity contribution is 0.0107. The van der Waals surface area contributed by atoms with E-state index in [-0.39, 0.29) is 6.10 Å². The zero-order chi connectivity index (χ0) is 10.5. The highest BCUT2D eigenvalue weighted by atomic mass is 79.9. The third-order valence-corrected chi connectivity index (χ3v) is 3.08. The maximum atomic E-state index is 5.61. The Morgan fingerprint density at radius 3 is 2.80 bits per heavy atom. The van der Waals surface area contributed by atoms with Crippen LogP contribution in [-0.2, 0) is 16.1 Å². The van der Waals surface area contributed by atoms with E-state index in [2.05, 4.69) is 28.1 Å². The van der Waals surface area contributed by atoms with Gasteiger partial charge in [0.1, 0.15) is 0 Å². The SMILES string of the molecule is Br[C@@H]1CO[C@@H](COCc2ccccc2)C1. The monoisotopic (exact) mass is 270 g/mol. The Morgan fingerprint density at radius 2 is 2.13 bits per heavy atom. The van der Waals surface area contributed by atoms with Crippen molar-refractivity contribution in [1.82, 2.24) is 0 Å². The molecule has 1 aliphatic heterocycles. The lowest BCUT2D eigenvalue weighted by atomic mass is 10.2. The summed E-state index contributed by atoms with van der Waals surface area (Å²) >= 11 is 3.53. The molecule has 3 heteroatoms. The molecule has 0 saturated carbocycles. The summed E-state index contributed by atoms with van der Waals surface area (Å²) in [6.07, 6.45) is 1.31. The van der Waals surface area contributed by atoms with Gasteiger partial charge in [-0.15, -0.1) is 0 Å². The van der Waals surface area contributed by atoms with Crippen molar-refractivity contribution in [2.24, 2.45) is 0 Å². The van der Waals surface area contributed by atoms with Gasteiger partial charge in [0.25, 0.3) is 0 Å². The molecule has 0 N–H and O–H groups in total. The summed E-state index contributed by atoms with van der Waals surface area (Å²) in [7, 11) is 0. The van der Waals surface area contributed by atoms with Crippen molar-refractivity contribution in [2.45, 2.75) is 24.0 Å². The molecule has 0 unspecified atom stereocenters. The van der Waals surface area contributed by atoms with Crippen LogP contribution in [0.2, 0.25) is 0 Å². The van der Waals surface area contributed by atoms with E-state index in [1.165, 1.54) is 5.56 Å². The van der Waals surface area contributed by atoms with Gasteiger partial charge in [0.15, 0.2) is 0 Å². The summed E-state index contributed by atoms with van der Waals surface area (Å²) in [5.74, 6) is 0. The number of rotatable bonds is 4. The second-order valence-electron chi connectivity index (χ2n) is 3.79. The molecule has 1 fully saturated rings. The van der Waals surface area contributed by atoms with E-state index in [9.17, 15) is 0 Å². The molecular weight excluding hydrogens is 256 g/mol. The largest absolute Gasteiger partial charge is 0.375 e. The quantitative estimate of drug-likeness (QED) is 0.784. The normalized spacial score (nSPS) is 25.7. The van der Waals surface area contributed by atoms with Crippen molar-refractivity contribution in [2.75, 3.05) is 13.2 Å². The first kappa shape index (κ1) is 11.1. The van der Waals surface area contributed by atoms with Gasteiger partial charge in [-0.25, -0.2) is 0 Å². The van der Waals surface area contributed by atoms with Crippen molar-refractivity contribution in [3.63, 3.8) is 0 Å². The molecular formula is C12H15BrO2. The summed E-state index contributed by atoms with van der Waals surface area (Å²) < 4.78 is 11.1. The third-order valence-electron chi connectivity index (χ3n) is 2.45. The first-order valence-electron chi connectivity index (χ1n) is 5.22. The van der Waals surface area contributed by atoms with Crippen molar-refractivity contribution in [3.05, 3.63) is 35.9 Å². The summed E-state index contributed by atoms with van der Waals surface area (Å²) in [5.41, 5.74) is 1.21. The Balaban J connectivity index is 1.67. The van der Waals surface area contributed by atoms with E-state index in [4.69, 9.17) is 9.47 Å². The van der Waals surface area contributed by atoms with Crippen LogP contribution in [0.1, 0.15) is 12.0 Å². The molecule has 0 spiro atoms. The standard InChI is InChI=1S/C12H15BrO2/c13-11-6-12(15-8-11)9-14-7-10-4-2-1-3-5-10/h1-5,11-12H,6-9H2/t11-,12+/m0/s1. The van der Waals surface area contributed by atoms with Crippen LogP contribution in [-0.4, -0.2) is 24.1 Å². The van der Waals surface area contributed by atoms with Crippen molar-refractivity contribution < 1.29 is 9.47 Å². The van der Waals surface area contributed by atoms with Crippen LogP contribution in [0.15, 0.2) is 30.3 Å². The molecule has 1 aromatic rings. The van der Waals surface area contributed by atoms with Gasteiger partial charge in [0, 0.05) is 4.83 Å². The summed E-state index contributed by atoms with van der Waals surface area (Å²) in [6, 6.07) is 10.2. The van der Waals surface area contributed by atoms with Gasteiger partial charge in [-0.05, 0) is 12.0 Å². The molecule has 1 aliphatic rings. The summed E-state index contributed by atoms with van der Waals surface area (Å²) in [6.45, 7) is 2.17. The molecule has 15 heavy (non-hydrogen) atoms. The van der Waals surface area contributed by atoms with Gasteiger partial charge in [-0.3, -0.25) is 0 Å². The van der Waals surface area contributed by atoms with Crippen LogP contribution >= 0.6 is 15.9 Å². The molecule has 2 atom stereocenters. The average molecular weight is 271 g/mol. The molecule has 0 aromatic heterocycles. The fourth-order valence-corrected chi connectivity index (χ4v) is 2.23. The van der Waals surface area contributed by atoms with Crippen molar-refractivity contribution >= 4 is 15.9 Å². The zero-order valence-corrected chi connectivity index (χ0v) is 10.2. The van der Waals surface area contributed by atoms with Crippen LogP contribution in [0.5, 0.6) is 0 Å². The molecule has 0 aliphatic carbocycles. The molecule has 0 radical (unpaired) electrons. The summed E-state index contributed by atoms with van der Waals surface area (Å²) in [5, 5.41) is 0. The maximum absolute atomic E-state index is 5.61. The zero-order valence-electron chi connectivity index (χ0n) is 8.56. The molecule has 1 aromatic carbocycles. The van der Waals surface area contributed by atoms with E-state index in [1.54, 1.807) is 0 Å². The van der Waals surface area contributed by atoms with Crippen LogP contribution in [0.4, 0.5) is 0 Å². The first-order valence-corrected chi connectivity index (χ1v) is 6.13. The third kappa shape index (κ3) is 3.59. The fraction of sp³-hybridized carbons (Fsp3) is 0.500.